The summed E-state index contributed by atoms with van der Waals surface area (Å²) < 4.78 is 37.2. The Hall–Kier alpha value is -0.520. The minimum atomic E-state index is -1.62. The number of aliphatic hydroxyl groups is 7. The number of ether oxygens (including phenoxy) is 6. The quantitative estimate of drug-likeness (QED) is 0.199. The fraction of sp³-hybridized carbons (Fsp3) is 1.00. The average molecular weight is 727 g/mol. The molecule has 7 N–H and O–H groups in total. The standard InChI is InChI=1S/C38H62O13/c1-17-5-10-38(47-15-17)18(2)28-26(51-38)13-22-20-12-24(40)23-11-19(6-8-36(23,3)21(20)7-9-37(22,28)4)48-35-33(31(44)30(43)27(14-39)49-35)50-34-32(45)29(42)25(41)16-46-34/h17-35,39-45H,5-16H2,1-4H3/t17-,18+,19+,20-,21+,22+,23-,24+,25+,26+,27-,28+,29+,30-,31+,32-,33-,34-,35-,36-,37+,38-/m1/s1. The van der Waals surface area contributed by atoms with Gasteiger partial charge in [-0.25, -0.2) is 0 Å². The van der Waals surface area contributed by atoms with Crippen LogP contribution in [0.25, 0.3) is 0 Å². The SMILES string of the molecule is C[C@@H]1CC[C@@]2(OC1)O[C@H]1C[C@H]3[C@@H]4C[C@H](O)[C@H]5C[C@@H](O[C@@H]6O[C@H](CO)[C@@H](O)[C@H](O)[C@H]6O[C@H]6OC[C@H](O)[C@H](O)[C@H]6O)CC[C@]5(C)[C@H]4CC[C@]3(C)[C@H]1[C@@H]2C. The molecule has 8 fully saturated rings. The molecule has 0 bridgehead atoms. The third-order valence-corrected chi connectivity index (χ3v) is 15.8. The van der Waals surface area contributed by atoms with Crippen molar-refractivity contribution >= 4 is 0 Å². The van der Waals surface area contributed by atoms with Crippen molar-refractivity contribution in [2.75, 3.05) is 19.8 Å². The van der Waals surface area contributed by atoms with E-state index in [1.807, 2.05) is 0 Å². The van der Waals surface area contributed by atoms with Crippen molar-refractivity contribution in [3.8, 4) is 0 Å². The van der Waals surface area contributed by atoms with Crippen molar-refractivity contribution in [3.05, 3.63) is 0 Å². The van der Waals surface area contributed by atoms with E-state index in [9.17, 15) is 35.7 Å². The molecule has 0 aromatic heterocycles. The van der Waals surface area contributed by atoms with Crippen LogP contribution in [0.2, 0.25) is 0 Å². The second-order valence-corrected chi connectivity index (χ2v) is 18.4. The molecule has 4 heterocycles. The summed E-state index contributed by atoms with van der Waals surface area (Å²) in [7, 11) is 0. The highest BCUT2D eigenvalue weighted by atomic mass is 16.8. The van der Waals surface area contributed by atoms with E-state index in [2.05, 4.69) is 27.7 Å². The molecule has 13 heteroatoms. The van der Waals surface area contributed by atoms with Gasteiger partial charge in [-0.1, -0.05) is 27.7 Å². The van der Waals surface area contributed by atoms with Crippen molar-refractivity contribution in [2.45, 2.75) is 165 Å². The normalized spacial score (nSPS) is 59.9. The van der Waals surface area contributed by atoms with E-state index in [-0.39, 0.29) is 35.6 Å². The first-order valence-corrected chi connectivity index (χ1v) is 19.8. The van der Waals surface area contributed by atoms with E-state index in [0.29, 0.717) is 48.3 Å². The number of fused-ring (bicyclic) bond motifs is 7. The first kappa shape index (κ1) is 37.4. The van der Waals surface area contributed by atoms with Gasteiger partial charge < -0.3 is 64.2 Å². The van der Waals surface area contributed by atoms with Crippen molar-refractivity contribution in [2.24, 2.45) is 52.3 Å². The number of aliphatic hydroxyl groups excluding tert-OH is 7. The summed E-state index contributed by atoms with van der Waals surface area (Å²) in [5.41, 5.74) is 0.0668. The molecule has 0 radical (unpaired) electrons. The summed E-state index contributed by atoms with van der Waals surface area (Å²) in [5.74, 6) is 2.30. The van der Waals surface area contributed by atoms with Gasteiger partial charge in [0.1, 0.15) is 42.7 Å². The molecule has 1 spiro atoms. The molecule has 4 aliphatic carbocycles. The van der Waals surface area contributed by atoms with E-state index in [1.54, 1.807) is 0 Å². The van der Waals surface area contributed by atoms with Crippen LogP contribution >= 0.6 is 0 Å². The lowest BCUT2D eigenvalue weighted by Crippen LogP contribution is -2.64. The second kappa shape index (κ2) is 13.6. The Kier molecular flexibility index (Phi) is 9.97. The largest absolute Gasteiger partial charge is 0.394 e. The molecule has 292 valence electrons. The zero-order valence-corrected chi connectivity index (χ0v) is 30.5. The fourth-order valence-electron chi connectivity index (χ4n) is 13.0. The Labute approximate surface area is 300 Å². The van der Waals surface area contributed by atoms with Crippen LogP contribution in [-0.4, -0.2) is 135 Å². The van der Waals surface area contributed by atoms with Gasteiger partial charge in [0.05, 0.1) is 38.1 Å². The summed E-state index contributed by atoms with van der Waals surface area (Å²) in [6.45, 7) is 9.39. The predicted octanol–water partition coefficient (Wildman–Crippen LogP) is 1.05. The number of rotatable bonds is 5. The molecule has 22 atom stereocenters. The van der Waals surface area contributed by atoms with E-state index >= 15 is 0 Å². The van der Waals surface area contributed by atoms with Gasteiger partial charge in [0.2, 0.25) is 0 Å². The molecule has 13 nitrogen and oxygen atoms in total. The third-order valence-electron chi connectivity index (χ3n) is 15.8. The molecule has 0 aromatic rings. The van der Waals surface area contributed by atoms with E-state index in [0.717, 1.165) is 51.6 Å². The topological polar surface area (TPSA) is 197 Å². The molecular formula is C38H62O13. The zero-order chi connectivity index (χ0) is 36.2. The van der Waals surface area contributed by atoms with Crippen LogP contribution < -0.4 is 0 Å². The Morgan fingerprint density at radius 3 is 2.20 bits per heavy atom. The highest BCUT2D eigenvalue weighted by Gasteiger charge is 2.70. The van der Waals surface area contributed by atoms with Crippen molar-refractivity contribution in [3.63, 3.8) is 0 Å². The predicted molar refractivity (Wildman–Crippen MR) is 178 cm³/mol. The average Bonchev–Trinajstić information content (AvgIpc) is 3.55. The number of hydrogen-bond acceptors (Lipinski definition) is 13. The van der Waals surface area contributed by atoms with Gasteiger partial charge in [0, 0.05) is 12.3 Å². The van der Waals surface area contributed by atoms with Crippen LogP contribution in [0.1, 0.15) is 85.5 Å². The summed E-state index contributed by atoms with van der Waals surface area (Å²) in [6.07, 6.45) is -5.04. The maximum atomic E-state index is 12.0. The van der Waals surface area contributed by atoms with Gasteiger partial charge >= 0.3 is 0 Å². The first-order chi connectivity index (χ1) is 24.2. The second-order valence-electron chi connectivity index (χ2n) is 18.4. The Balaban J connectivity index is 0.959. The molecule has 0 aromatic carbocycles. The minimum Gasteiger partial charge on any atom is -0.394 e. The fourth-order valence-corrected chi connectivity index (χ4v) is 13.0. The maximum Gasteiger partial charge on any atom is 0.187 e. The molecular weight excluding hydrogens is 664 g/mol. The Morgan fingerprint density at radius 2 is 1.47 bits per heavy atom. The van der Waals surface area contributed by atoms with Crippen LogP contribution in [0.5, 0.6) is 0 Å². The Bertz CT molecular complexity index is 1250. The highest BCUT2D eigenvalue weighted by molar-refractivity contribution is 5.16. The molecule has 8 rings (SSSR count). The molecule has 0 unspecified atom stereocenters. The zero-order valence-electron chi connectivity index (χ0n) is 30.5. The lowest BCUT2D eigenvalue weighted by Gasteiger charge is -2.62. The van der Waals surface area contributed by atoms with Crippen LogP contribution in [0.3, 0.4) is 0 Å². The molecule has 4 aliphatic heterocycles. The maximum absolute atomic E-state index is 12.0. The molecule has 4 saturated heterocycles. The summed E-state index contributed by atoms with van der Waals surface area (Å²) in [5, 5.41) is 74.2. The third kappa shape index (κ3) is 5.90. The Morgan fingerprint density at radius 1 is 0.706 bits per heavy atom. The van der Waals surface area contributed by atoms with Gasteiger partial charge in [-0.15, -0.1) is 0 Å². The highest BCUT2D eigenvalue weighted by Crippen LogP contribution is 2.71. The monoisotopic (exact) mass is 726 g/mol. The lowest BCUT2D eigenvalue weighted by atomic mass is 9.43. The number of hydrogen-bond donors (Lipinski definition) is 7. The minimum absolute atomic E-state index is 0.00826. The van der Waals surface area contributed by atoms with Crippen LogP contribution in [0.15, 0.2) is 0 Å². The summed E-state index contributed by atoms with van der Waals surface area (Å²) in [4.78, 5) is 0. The molecule has 0 amide bonds. The molecule has 8 aliphatic rings. The van der Waals surface area contributed by atoms with E-state index in [1.165, 1.54) is 0 Å². The van der Waals surface area contributed by atoms with Gasteiger partial charge in [0.25, 0.3) is 0 Å². The summed E-state index contributed by atoms with van der Waals surface area (Å²) >= 11 is 0. The van der Waals surface area contributed by atoms with Crippen molar-refractivity contribution in [1.82, 2.24) is 0 Å². The van der Waals surface area contributed by atoms with E-state index in [4.69, 9.17) is 28.4 Å². The van der Waals surface area contributed by atoms with Crippen LogP contribution in [0.4, 0.5) is 0 Å². The van der Waals surface area contributed by atoms with Crippen LogP contribution in [0, 0.1) is 52.3 Å². The van der Waals surface area contributed by atoms with Gasteiger partial charge in [-0.3, -0.25) is 0 Å². The lowest BCUT2D eigenvalue weighted by molar-refractivity contribution is -0.364. The smallest absolute Gasteiger partial charge is 0.187 e. The summed E-state index contributed by atoms with van der Waals surface area (Å²) in [6, 6.07) is 0. The molecule has 4 saturated carbocycles. The van der Waals surface area contributed by atoms with Crippen LogP contribution in [-0.2, 0) is 28.4 Å². The van der Waals surface area contributed by atoms with Gasteiger partial charge in [0.15, 0.2) is 18.4 Å². The van der Waals surface area contributed by atoms with E-state index < -0.39 is 73.8 Å². The van der Waals surface area contributed by atoms with Crippen molar-refractivity contribution < 1.29 is 64.2 Å². The van der Waals surface area contributed by atoms with Crippen molar-refractivity contribution in [1.29, 1.82) is 0 Å². The first-order valence-electron chi connectivity index (χ1n) is 19.8. The van der Waals surface area contributed by atoms with Gasteiger partial charge in [-0.05, 0) is 97.7 Å². The van der Waals surface area contributed by atoms with Gasteiger partial charge in [-0.2, -0.15) is 0 Å². The molecule has 51 heavy (non-hydrogen) atoms.